The molecule has 0 unspecified atom stereocenters. The molecule has 0 saturated heterocycles. The van der Waals surface area contributed by atoms with Gasteiger partial charge in [-0.05, 0) is 22.3 Å². The molecule has 0 radical (unpaired) electrons. The summed E-state index contributed by atoms with van der Waals surface area (Å²) >= 11 is 0. The molecule has 3 aromatic rings. The predicted molar refractivity (Wildman–Crippen MR) is 148 cm³/mol. The summed E-state index contributed by atoms with van der Waals surface area (Å²) < 4.78 is 82.5. The number of aryl methyl sites for hydroxylation is 2. The van der Waals surface area contributed by atoms with Crippen LogP contribution in [-0.4, -0.2) is 14.5 Å². The van der Waals surface area contributed by atoms with E-state index in [0.717, 1.165) is 13.1 Å². The molecular weight excluding hydrogens is 538 g/mol. The van der Waals surface area contributed by atoms with Crippen LogP contribution in [0, 0.1) is 0 Å². The molecule has 0 bridgehead atoms. The van der Waals surface area contributed by atoms with E-state index in [4.69, 9.17) is 0 Å². The molecule has 12 heteroatoms. The highest BCUT2D eigenvalue weighted by Crippen LogP contribution is 2.12. The molecule has 0 N–H and O–H groups in total. The fourth-order valence-corrected chi connectivity index (χ4v) is 3.24. The number of hydrogen-bond donors (Lipinski definition) is 0. The minimum absolute atomic E-state index is 1.09. The van der Waals surface area contributed by atoms with Crippen LogP contribution in [0.1, 0.15) is 61.8 Å². The van der Waals surface area contributed by atoms with Crippen molar-refractivity contribution in [2.24, 2.45) is 0 Å². The highest BCUT2D eigenvalue weighted by atomic mass is 19.5. The monoisotopic (exact) mass is 572 g/mol. The van der Waals surface area contributed by atoms with Gasteiger partial charge < -0.3 is 34.5 Å². The molecule has 40 heavy (non-hydrogen) atoms. The van der Waals surface area contributed by atoms with E-state index in [9.17, 15) is 34.5 Å². The van der Waals surface area contributed by atoms with Crippen LogP contribution in [0.4, 0.5) is 34.5 Å². The molecule has 0 aliphatic heterocycles. The van der Waals surface area contributed by atoms with E-state index in [2.05, 4.69) is 121 Å². The van der Waals surface area contributed by atoms with Crippen molar-refractivity contribution in [1.82, 2.24) is 0 Å². The maximum Gasteiger partial charge on any atom is 0.673 e. The molecule has 2 nitrogen and oxygen atoms in total. The molecule has 0 spiro atoms. The standard InChI is InChI=1S/C28H34N2.2BF4/c1-3-5-19-29-21-15-27(16-22-29)13-11-25-7-9-26(10-8-25)12-14-28-17-23-30(24-18-28)20-6-4-2;2*2-1(3,4)5/h7-18,21-24H,3-6,19-20H2,1-2H3;;/q+2;2*-1. The zero-order valence-electron chi connectivity index (χ0n) is 22.6. The lowest BCUT2D eigenvalue weighted by molar-refractivity contribution is -0.697. The van der Waals surface area contributed by atoms with Gasteiger partial charge in [0.05, 0.1) is 0 Å². The average molecular weight is 572 g/mol. The van der Waals surface area contributed by atoms with E-state index in [1.54, 1.807) is 0 Å². The summed E-state index contributed by atoms with van der Waals surface area (Å²) in [7, 11) is -12.0. The molecule has 2 aromatic heterocycles. The normalized spacial score (nSPS) is 11.7. The van der Waals surface area contributed by atoms with Crippen LogP contribution in [0.15, 0.2) is 73.3 Å². The molecule has 0 fully saturated rings. The Morgan fingerprint density at radius 1 is 0.475 bits per heavy atom. The van der Waals surface area contributed by atoms with Crippen molar-refractivity contribution in [3.8, 4) is 0 Å². The van der Waals surface area contributed by atoms with Crippen LogP contribution in [0.2, 0.25) is 0 Å². The van der Waals surface area contributed by atoms with Crippen molar-refractivity contribution in [2.75, 3.05) is 0 Å². The van der Waals surface area contributed by atoms with Gasteiger partial charge >= 0.3 is 14.5 Å². The van der Waals surface area contributed by atoms with Gasteiger partial charge in [-0.2, -0.15) is 0 Å². The van der Waals surface area contributed by atoms with E-state index in [0.29, 0.717) is 0 Å². The summed E-state index contributed by atoms with van der Waals surface area (Å²) in [6.07, 6.45) is 22.3. The SMILES string of the molecule is CCCC[n+]1ccc(C=Cc2ccc(C=Cc3cc[n+](CCCC)cc3)cc2)cc1.F[B-](F)(F)F.F[B-](F)(F)F. The van der Waals surface area contributed by atoms with Gasteiger partial charge in [0.2, 0.25) is 0 Å². The molecule has 0 aliphatic rings. The number of benzene rings is 1. The number of unbranched alkanes of at least 4 members (excludes halogenated alkanes) is 2. The molecule has 2 heterocycles. The number of aromatic nitrogens is 2. The third kappa shape index (κ3) is 19.6. The van der Waals surface area contributed by atoms with Gasteiger partial charge in [-0.15, -0.1) is 0 Å². The van der Waals surface area contributed by atoms with E-state index < -0.39 is 14.5 Å². The third-order valence-corrected chi connectivity index (χ3v) is 5.25. The number of rotatable bonds is 10. The Hall–Kier alpha value is -3.43. The molecular formula is C28H34B2F8N2. The first kappa shape index (κ1) is 34.6. The van der Waals surface area contributed by atoms with E-state index in [1.807, 2.05) is 0 Å². The van der Waals surface area contributed by atoms with Crippen LogP contribution in [0.5, 0.6) is 0 Å². The number of halogens is 8. The molecule has 1 aromatic carbocycles. The van der Waals surface area contributed by atoms with Crippen LogP contribution in [0.3, 0.4) is 0 Å². The van der Waals surface area contributed by atoms with Crippen molar-refractivity contribution in [3.05, 3.63) is 95.6 Å². The lowest BCUT2D eigenvalue weighted by Crippen LogP contribution is -2.32. The summed E-state index contributed by atoms with van der Waals surface area (Å²) in [6, 6.07) is 17.4. The first-order valence-corrected chi connectivity index (χ1v) is 13.0. The Morgan fingerprint density at radius 2 is 0.700 bits per heavy atom. The summed E-state index contributed by atoms with van der Waals surface area (Å²) in [4.78, 5) is 0. The fraction of sp³-hybridized carbons (Fsp3) is 0.286. The maximum atomic E-state index is 9.75. The Labute approximate surface area is 230 Å². The van der Waals surface area contributed by atoms with Gasteiger partial charge in [0.1, 0.15) is 13.1 Å². The quantitative estimate of drug-likeness (QED) is 0.130. The zero-order valence-corrected chi connectivity index (χ0v) is 22.6. The van der Waals surface area contributed by atoms with Crippen molar-refractivity contribution < 1.29 is 43.7 Å². The van der Waals surface area contributed by atoms with Gasteiger partial charge in [0.15, 0.2) is 24.8 Å². The van der Waals surface area contributed by atoms with E-state index in [-0.39, 0.29) is 0 Å². The van der Waals surface area contributed by atoms with Gasteiger partial charge in [-0.25, -0.2) is 9.13 Å². The smallest absolute Gasteiger partial charge is 0.418 e. The Kier molecular flexibility index (Phi) is 15.6. The number of pyridine rings is 2. The molecule has 0 amide bonds. The molecule has 0 aliphatic carbocycles. The topological polar surface area (TPSA) is 7.76 Å². The van der Waals surface area contributed by atoms with Crippen molar-refractivity contribution in [2.45, 2.75) is 52.6 Å². The lowest BCUT2D eigenvalue weighted by Gasteiger charge is -1.98. The summed E-state index contributed by atoms with van der Waals surface area (Å²) in [5.74, 6) is 0. The first-order chi connectivity index (χ1) is 18.8. The minimum Gasteiger partial charge on any atom is -0.418 e. The molecule has 218 valence electrons. The van der Waals surface area contributed by atoms with Crippen LogP contribution < -0.4 is 9.13 Å². The first-order valence-electron chi connectivity index (χ1n) is 13.0. The Bertz CT molecular complexity index is 1040. The van der Waals surface area contributed by atoms with Gasteiger partial charge in [-0.1, -0.05) is 75.3 Å². The van der Waals surface area contributed by atoms with Gasteiger partial charge in [0.25, 0.3) is 0 Å². The second-order valence-electron chi connectivity index (χ2n) is 8.77. The third-order valence-electron chi connectivity index (χ3n) is 5.25. The van der Waals surface area contributed by atoms with Crippen LogP contribution in [-0.2, 0) is 13.1 Å². The molecule has 0 saturated carbocycles. The largest absolute Gasteiger partial charge is 0.673 e. The van der Waals surface area contributed by atoms with Crippen molar-refractivity contribution in [3.63, 3.8) is 0 Å². The summed E-state index contributed by atoms with van der Waals surface area (Å²) in [6.45, 7) is 6.64. The second-order valence-corrected chi connectivity index (χ2v) is 8.77. The van der Waals surface area contributed by atoms with Crippen LogP contribution >= 0.6 is 0 Å². The maximum absolute atomic E-state index is 9.75. The second kappa shape index (κ2) is 18.0. The molecule has 3 rings (SSSR count). The minimum atomic E-state index is -6.00. The van der Waals surface area contributed by atoms with Crippen molar-refractivity contribution in [1.29, 1.82) is 0 Å². The zero-order chi connectivity index (χ0) is 30.0. The number of nitrogens with zero attached hydrogens (tertiary/aromatic N) is 2. The van der Waals surface area contributed by atoms with E-state index in [1.165, 1.54) is 47.9 Å². The highest BCUT2D eigenvalue weighted by molar-refractivity contribution is 6.50. The van der Waals surface area contributed by atoms with Gasteiger partial charge in [0, 0.05) is 37.1 Å². The van der Waals surface area contributed by atoms with Gasteiger partial charge in [-0.3, -0.25) is 0 Å². The highest BCUT2D eigenvalue weighted by Gasteiger charge is 2.21. The van der Waals surface area contributed by atoms with Crippen molar-refractivity contribution >= 4 is 38.8 Å². The van der Waals surface area contributed by atoms with E-state index >= 15 is 0 Å². The summed E-state index contributed by atoms with van der Waals surface area (Å²) in [5.41, 5.74) is 4.89. The average Bonchev–Trinajstić information content (AvgIpc) is 2.88. The summed E-state index contributed by atoms with van der Waals surface area (Å²) in [5, 5.41) is 0. The predicted octanol–water partition coefficient (Wildman–Crippen LogP) is 8.80. The Balaban J connectivity index is 0.000000686. The fourth-order valence-electron chi connectivity index (χ4n) is 3.24. The number of hydrogen-bond acceptors (Lipinski definition) is 0. The van der Waals surface area contributed by atoms with Crippen LogP contribution in [0.25, 0.3) is 24.3 Å². The molecule has 0 atom stereocenters. The Morgan fingerprint density at radius 3 is 0.925 bits per heavy atom. The lowest BCUT2D eigenvalue weighted by atomic mass is 10.1.